The first-order valence-corrected chi connectivity index (χ1v) is 6.24. The van der Waals surface area contributed by atoms with Gasteiger partial charge in [-0.25, -0.2) is 0 Å². The number of nitrogens with two attached hydrogens (primary N) is 1. The van der Waals surface area contributed by atoms with E-state index in [1.807, 2.05) is 24.3 Å². The second kappa shape index (κ2) is 8.32. The van der Waals surface area contributed by atoms with Crippen molar-refractivity contribution < 1.29 is 4.79 Å². The zero-order chi connectivity index (χ0) is 13.2. The van der Waals surface area contributed by atoms with Crippen LogP contribution in [0.25, 0.3) is 0 Å². The lowest BCUT2D eigenvalue weighted by Crippen LogP contribution is -2.22. The quantitative estimate of drug-likeness (QED) is 0.569. The molecule has 0 bridgehead atoms. The van der Waals surface area contributed by atoms with E-state index in [4.69, 9.17) is 12.2 Å². The zero-order valence-electron chi connectivity index (χ0n) is 10.6. The molecule has 1 amide bonds. The molecule has 0 radical (unpaired) electrons. The fourth-order valence-electron chi connectivity index (χ4n) is 1.59. The number of benzene rings is 1. The minimum atomic E-state index is 0.0786. The van der Waals surface area contributed by atoms with Crippen LogP contribution >= 0.6 is 0 Å². The van der Waals surface area contributed by atoms with E-state index in [0.29, 0.717) is 19.5 Å². The lowest BCUT2D eigenvalue weighted by Gasteiger charge is -2.05. The van der Waals surface area contributed by atoms with Crippen molar-refractivity contribution in [1.29, 1.82) is 0 Å². The molecule has 0 atom stereocenters. The first-order valence-electron chi connectivity index (χ1n) is 6.24. The monoisotopic (exact) mass is 244 g/mol. The number of terminal acetylenes is 1. The molecule has 0 aromatic heterocycles. The Balaban J connectivity index is 2.23. The van der Waals surface area contributed by atoms with Gasteiger partial charge in [-0.05, 0) is 24.0 Å². The van der Waals surface area contributed by atoms with Crippen LogP contribution in [0.4, 0.5) is 0 Å². The van der Waals surface area contributed by atoms with Crippen LogP contribution in [0.1, 0.15) is 36.8 Å². The van der Waals surface area contributed by atoms with Gasteiger partial charge in [-0.2, -0.15) is 0 Å². The summed E-state index contributed by atoms with van der Waals surface area (Å²) in [5.74, 6) is 2.65. The Labute approximate surface area is 109 Å². The molecule has 3 N–H and O–H groups in total. The maximum Gasteiger partial charge on any atom is 0.220 e. The van der Waals surface area contributed by atoms with Crippen LogP contribution in [0.2, 0.25) is 0 Å². The van der Waals surface area contributed by atoms with Gasteiger partial charge in [-0.15, -0.1) is 12.3 Å². The molecule has 0 saturated carbocycles. The molecule has 96 valence electrons. The summed E-state index contributed by atoms with van der Waals surface area (Å²) in [7, 11) is 0. The topological polar surface area (TPSA) is 55.1 Å². The number of nitrogens with one attached hydrogen (secondary N) is 1. The molecular weight excluding hydrogens is 224 g/mol. The van der Waals surface area contributed by atoms with Crippen molar-refractivity contribution in [2.45, 2.75) is 38.8 Å². The van der Waals surface area contributed by atoms with Crippen LogP contribution in [0, 0.1) is 12.3 Å². The molecule has 0 saturated heterocycles. The standard InChI is InChI=1S/C15H20N2O/c1-2-3-4-5-6-15(18)17-12-14-9-7-13(11-16)8-10-14/h1,7-10H,3-6,11-12,16H2,(H,17,18). The smallest absolute Gasteiger partial charge is 0.220 e. The maximum absolute atomic E-state index is 11.5. The van der Waals surface area contributed by atoms with E-state index in [1.165, 1.54) is 0 Å². The molecule has 0 unspecified atom stereocenters. The number of rotatable bonds is 7. The highest BCUT2D eigenvalue weighted by Gasteiger charge is 2.01. The highest BCUT2D eigenvalue weighted by molar-refractivity contribution is 5.75. The van der Waals surface area contributed by atoms with E-state index in [1.54, 1.807) is 0 Å². The third-order valence-electron chi connectivity index (χ3n) is 2.72. The Morgan fingerprint density at radius 1 is 1.22 bits per heavy atom. The number of amides is 1. The summed E-state index contributed by atoms with van der Waals surface area (Å²) >= 11 is 0. The third-order valence-corrected chi connectivity index (χ3v) is 2.72. The van der Waals surface area contributed by atoms with Crippen molar-refractivity contribution in [3.8, 4) is 12.3 Å². The Morgan fingerprint density at radius 3 is 2.50 bits per heavy atom. The van der Waals surface area contributed by atoms with Gasteiger partial charge in [0, 0.05) is 25.9 Å². The molecule has 0 aliphatic rings. The lowest BCUT2D eigenvalue weighted by atomic mass is 10.1. The van der Waals surface area contributed by atoms with Crippen molar-refractivity contribution in [3.05, 3.63) is 35.4 Å². The molecule has 0 heterocycles. The molecule has 1 aromatic carbocycles. The van der Waals surface area contributed by atoms with Crippen molar-refractivity contribution in [2.24, 2.45) is 5.73 Å². The molecular formula is C15H20N2O. The summed E-state index contributed by atoms with van der Waals surface area (Å²) in [6.07, 6.45) is 8.19. The molecule has 0 aliphatic carbocycles. The van der Waals surface area contributed by atoms with Gasteiger partial charge < -0.3 is 11.1 Å². The fraction of sp³-hybridized carbons (Fsp3) is 0.400. The second-order valence-electron chi connectivity index (χ2n) is 4.21. The molecule has 18 heavy (non-hydrogen) atoms. The van der Waals surface area contributed by atoms with Crippen LogP contribution in [0.15, 0.2) is 24.3 Å². The number of hydrogen-bond donors (Lipinski definition) is 2. The Bertz CT molecular complexity index is 403. The van der Waals surface area contributed by atoms with E-state index in [0.717, 1.165) is 30.4 Å². The van der Waals surface area contributed by atoms with Gasteiger partial charge in [0.05, 0.1) is 0 Å². The van der Waals surface area contributed by atoms with Gasteiger partial charge >= 0.3 is 0 Å². The first-order chi connectivity index (χ1) is 8.76. The third kappa shape index (κ3) is 5.51. The average molecular weight is 244 g/mol. The van der Waals surface area contributed by atoms with E-state index in [2.05, 4.69) is 11.2 Å². The highest BCUT2D eigenvalue weighted by atomic mass is 16.1. The molecule has 3 heteroatoms. The second-order valence-corrected chi connectivity index (χ2v) is 4.21. The van der Waals surface area contributed by atoms with Crippen LogP contribution < -0.4 is 11.1 Å². The van der Waals surface area contributed by atoms with Gasteiger partial charge in [0.1, 0.15) is 0 Å². The van der Waals surface area contributed by atoms with Gasteiger partial charge in [-0.1, -0.05) is 24.3 Å². The lowest BCUT2D eigenvalue weighted by molar-refractivity contribution is -0.121. The normalized spacial score (nSPS) is 9.78. The molecule has 0 aliphatic heterocycles. The Kier molecular flexibility index (Phi) is 6.60. The summed E-state index contributed by atoms with van der Waals surface area (Å²) in [5, 5.41) is 2.89. The minimum Gasteiger partial charge on any atom is -0.352 e. The minimum absolute atomic E-state index is 0.0786. The van der Waals surface area contributed by atoms with Crippen LogP contribution in [0.5, 0.6) is 0 Å². The van der Waals surface area contributed by atoms with Crippen LogP contribution in [-0.4, -0.2) is 5.91 Å². The first kappa shape index (κ1) is 14.3. The van der Waals surface area contributed by atoms with Crippen molar-refractivity contribution in [2.75, 3.05) is 0 Å². The van der Waals surface area contributed by atoms with E-state index in [9.17, 15) is 4.79 Å². The number of unbranched alkanes of at least 4 members (excludes halogenated alkanes) is 2. The Morgan fingerprint density at radius 2 is 1.89 bits per heavy atom. The number of carbonyl (C=O) groups excluding carboxylic acids is 1. The molecule has 0 spiro atoms. The van der Waals surface area contributed by atoms with Crippen LogP contribution in [-0.2, 0) is 17.9 Å². The van der Waals surface area contributed by atoms with Crippen molar-refractivity contribution in [1.82, 2.24) is 5.32 Å². The largest absolute Gasteiger partial charge is 0.352 e. The summed E-state index contributed by atoms with van der Waals surface area (Å²) in [6.45, 7) is 1.11. The van der Waals surface area contributed by atoms with Gasteiger partial charge in [-0.3, -0.25) is 4.79 Å². The zero-order valence-corrected chi connectivity index (χ0v) is 10.6. The summed E-state index contributed by atoms with van der Waals surface area (Å²) in [6, 6.07) is 7.93. The number of hydrogen-bond acceptors (Lipinski definition) is 2. The summed E-state index contributed by atoms with van der Waals surface area (Å²) in [5.41, 5.74) is 7.70. The molecule has 1 aromatic rings. The Hall–Kier alpha value is -1.79. The van der Waals surface area contributed by atoms with Crippen molar-refractivity contribution in [3.63, 3.8) is 0 Å². The van der Waals surface area contributed by atoms with E-state index >= 15 is 0 Å². The van der Waals surface area contributed by atoms with Gasteiger partial charge in [0.2, 0.25) is 5.91 Å². The average Bonchev–Trinajstić information content (AvgIpc) is 2.42. The van der Waals surface area contributed by atoms with E-state index < -0.39 is 0 Å². The van der Waals surface area contributed by atoms with Crippen molar-refractivity contribution >= 4 is 5.91 Å². The fourth-order valence-corrected chi connectivity index (χ4v) is 1.59. The maximum atomic E-state index is 11.5. The molecule has 3 nitrogen and oxygen atoms in total. The van der Waals surface area contributed by atoms with E-state index in [-0.39, 0.29) is 5.91 Å². The molecule has 0 fully saturated rings. The number of carbonyl (C=O) groups is 1. The summed E-state index contributed by atoms with van der Waals surface area (Å²) in [4.78, 5) is 11.5. The molecule has 1 rings (SSSR count). The predicted octanol–water partition coefficient (Wildman–Crippen LogP) is 1.96. The summed E-state index contributed by atoms with van der Waals surface area (Å²) < 4.78 is 0. The van der Waals surface area contributed by atoms with Crippen LogP contribution in [0.3, 0.4) is 0 Å². The van der Waals surface area contributed by atoms with Gasteiger partial charge in [0.15, 0.2) is 0 Å². The SMILES string of the molecule is C#CCCCCC(=O)NCc1ccc(CN)cc1. The predicted molar refractivity (Wildman–Crippen MR) is 73.5 cm³/mol. The van der Waals surface area contributed by atoms with Gasteiger partial charge in [0.25, 0.3) is 0 Å². The highest BCUT2D eigenvalue weighted by Crippen LogP contribution is 2.04.